The lowest BCUT2D eigenvalue weighted by Crippen LogP contribution is -2.31. The average Bonchev–Trinajstić information content (AvgIpc) is 3.23. The van der Waals surface area contributed by atoms with E-state index in [2.05, 4.69) is 15.0 Å². The van der Waals surface area contributed by atoms with Crippen LogP contribution in [-0.4, -0.2) is 43.3 Å². The molecule has 8 nitrogen and oxygen atoms in total. The number of methoxy groups -OCH3 is 2. The fourth-order valence-electron chi connectivity index (χ4n) is 3.55. The van der Waals surface area contributed by atoms with Crippen LogP contribution in [0.4, 0.5) is 24.5 Å². The summed E-state index contributed by atoms with van der Waals surface area (Å²) in [5.74, 6) is -0.270. The molecule has 0 radical (unpaired) electrons. The van der Waals surface area contributed by atoms with Gasteiger partial charge in [0.25, 0.3) is 5.91 Å². The lowest BCUT2D eigenvalue weighted by molar-refractivity contribution is -0.274. The van der Waals surface area contributed by atoms with Crippen LogP contribution >= 0.6 is 11.8 Å². The molecule has 202 valence electrons. The number of nitrogens with zero attached hydrogens (tertiary/aromatic N) is 2. The van der Waals surface area contributed by atoms with E-state index in [9.17, 15) is 22.8 Å². The van der Waals surface area contributed by atoms with E-state index < -0.39 is 18.0 Å². The first kappa shape index (κ1) is 27.6. The minimum Gasteiger partial charge on any atom is -0.497 e. The minimum atomic E-state index is -4.81. The summed E-state index contributed by atoms with van der Waals surface area (Å²) in [6.45, 7) is 0. The molecule has 0 spiro atoms. The van der Waals surface area contributed by atoms with Gasteiger partial charge < -0.3 is 19.5 Å². The third-order valence-electron chi connectivity index (χ3n) is 5.28. The minimum absolute atomic E-state index is 0.116. The van der Waals surface area contributed by atoms with E-state index in [1.165, 1.54) is 31.3 Å². The van der Waals surface area contributed by atoms with Gasteiger partial charge in [-0.3, -0.25) is 14.5 Å². The van der Waals surface area contributed by atoms with Crippen LogP contribution in [0.15, 0.2) is 83.5 Å². The van der Waals surface area contributed by atoms with E-state index in [1.807, 2.05) is 6.07 Å². The number of alkyl halides is 3. The number of hydrogen-bond acceptors (Lipinski definition) is 7. The molecule has 1 aliphatic rings. The Bertz CT molecular complexity index is 1410. The molecule has 0 atom stereocenters. The van der Waals surface area contributed by atoms with Crippen LogP contribution in [-0.2, 0) is 9.59 Å². The number of halogens is 3. The van der Waals surface area contributed by atoms with Crippen LogP contribution in [0.1, 0.15) is 5.56 Å². The van der Waals surface area contributed by atoms with Gasteiger partial charge in [-0.25, -0.2) is 4.99 Å². The van der Waals surface area contributed by atoms with Crippen LogP contribution in [0.2, 0.25) is 0 Å². The zero-order valence-corrected chi connectivity index (χ0v) is 21.5. The van der Waals surface area contributed by atoms with Crippen molar-refractivity contribution in [1.82, 2.24) is 0 Å². The third kappa shape index (κ3) is 7.11. The highest BCUT2D eigenvalue weighted by Crippen LogP contribution is 2.32. The second-order valence-electron chi connectivity index (χ2n) is 7.92. The number of benzene rings is 3. The van der Waals surface area contributed by atoms with Crippen LogP contribution in [0.5, 0.6) is 17.2 Å². The number of anilines is 2. The lowest BCUT2D eigenvalue weighted by Gasteiger charge is -2.17. The zero-order chi connectivity index (χ0) is 28.0. The van der Waals surface area contributed by atoms with Crippen LogP contribution < -0.4 is 24.4 Å². The maximum Gasteiger partial charge on any atom is 0.573 e. The van der Waals surface area contributed by atoms with E-state index in [-0.39, 0.29) is 28.2 Å². The summed E-state index contributed by atoms with van der Waals surface area (Å²) in [5, 5.41) is 2.89. The zero-order valence-electron chi connectivity index (χ0n) is 20.7. The molecule has 4 rings (SSSR count). The number of carbonyl (C=O) groups is 2. The Balaban J connectivity index is 1.52. The van der Waals surface area contributed by atoms with Crippen LogP contribution in [0.3, 0.4) is 0 Å². The molecule has 2 amide bonds. The van der Waals surface area contributed by atoms with Gasteiger partial charge in [-0.15, -0.1) is 13.2 Å². The number of ether oxygens (including phenoxy) is 3. The van der Waals surface area contributed by atoms with Gasteiger partial charge in [0.2, 0.25) is 5.91 Å². The standard InChI is InChI=1S/C27H22F3N3O5S/c1-36-21-11-8-17(23(15-21)37-2)14-22-25(35)33(19-6-4-3-5-7-19)26(32-22)39-16-24(34)31-18-9-12-20(13-10-18)38-27(28,29)30/h3-15H,16H2,1-2H3,(H,31,34). The number of carbonyl (C=O) groups excluding carboxylic acids is 2. The quantitative estimate of drug-likeness (QED) is 0.357. The van der Waals surface area contributed by atoms with Crippen molar-refractivity contribution in [3.8, 4) is 17.2 Å². The largest absolute Gasteiger partial charge is 0.573 e. The summed E-state index contributed by atoms with van der Waals surface area (Å²) < 4.78 is 51.5. The van der Waals surface area contributed by atoms with Gasteiger partial charge in [0, 0.05) is 17.3 Å². The van der Waals surface area contributed by atoms with Gasteiger partial charge >= 0.3 is 6.36 Å². The Kier molecular flexibility index (Phi) is 8.45. The Morgan fingerprint density at radius 1 is 1.00 bits per heavy atom. The van der Waals surface area contributed by atoms with E-state index in [1.54, 1.807) is 48.5 Å². The first-order valence-electron chi connectivity index (χ1n) is 11.4. The molecule has 1 heterocycles. The highest BCUT2D eigenvalue weighted by atomic mass is 32.2. The summed E-state index contributed by atoms with van der Waals surface area (Å²) in [6.07, 6.45) is -3.22. The number of rotatable bonds is 8. The normalized spacial score (nSPS) is 14.3. The number of para-hydroxylation sites is 1. The van der Waals surface area contributed by atoms with Crippen molar-refractivity contribution in [3.63, 3.8) is 0 Å². The Morgan fingerprint density at radius 3 is 2.33 bits per heavy atom. The van der Waals surface area contributed by atoms with Crippen molar-refractivity contribution in [2.24, 2.45) is 4.99 Å². The van der Waals surface area contributed by atoms with Crippen LogP contribution in [0.25, 0.3) is 6.08 Å². The number of amides is 2. The molecule has 0 saturated carbocycles. The topological polar surface area (TPSA) is 89.5 Å². The van der Waals surface area contributed by atoms with Crippen molar-refractivity contribution in [1.29, 1.82) is 0 Å². The number of amidine groups is 1. The van der Waals surface area contributed by atoms with E-state index in [0.717, 1.165) is 23.9 Å². The van der Waals surface area contributed by atoms with Crippen LogP contribution in [0, 0.1) is 0 Å². The molecule has 1 aliphatic heterocycles. The van der Waals surface area contributed by atoms with Gasteiger partial charge in [-0.05, 0) is 54.6 Å². The first-order chi connectivity index (χ1) is 18.7. The molecule has 3 aromatic rings. The Labute approximate surface area is 226 Å². The molecule has 1 N–H and O–H groups in total. The smallest absolute Gasteiger partial charge is 0.497 e. The van der Waals surface area contributed by atoms with E-state index in [0.29, 0.717) is 22.7 Å². The fourth-order valence-corrected chi connectivity index (χ4v) is 4.36. The summed E-state index contributed by atoms with van der Waals surface area (Å²) in [5.41, 5.74) is 1.61. The van der Waals surface area contributed by atoms with Gasteiger partial charge in [-0.2, -0.15) is 0 Å². The predicted octanol–water partition coefficient (Wildman–Crippen LogP) is 5.72. The molecule has 0 unspecified atom stereocenters. The number of hydrogen-bond donors (Lipinski definition) is 1. The summed E-state index contributed by atoms with van der Waals surface area (Å²) in [6, 6.07) is 18.8. The monoisotopic (exact) mass is 557 g/mol. The SMILES string of the molecule is COc1ccc(C=C2N=C(SCC(=O)Nc3ccc(OC(F)(F)F)cc3)N(c3ccccc3)C2=O)c(OC)c1. The molecular formula is C27H22F3N3O5S. The van der Waals surface area contributed by atoms with E-state index >= 15 is 0 Å². The molecule has 12 heteroatoms. The molecule has 0 aromatic heterocycles. The van der Waals surface area contributed by atoms with Gasteiger partial charge in [0.05, 0.1) is 25.7 Å². The highest BCUT2D eigenvalue weighted by molar-refractivity contribution is 8.14. The molecule has 0 aliphatic carbocycles. The summed E-state index contributed by atoms with van der Waals surface area (Å²) >= 11 is 1.04. The predicted molar refractivity (Wildman–Crippen MR) is 143 cm³/mol. The second-order valence-corrected chi connectivity index (χ2v) is 8.86. The third-order valence-corrected chi connectivity index (χ3v) is 6.22. The van der Waals surface area contributed by atoms with Gasteiger partial charge in [-0.1, -0.05) is 30.0 Å². The number of nitrogens with one attached hydrogen (secondary N) is 1. The molecule has 0 saturated heterocycles. The van der Waals surface area contributed by atoms with Gasteiger partial charge in [0.1, 0.15) is 22.9 Å². The van der Waals surface area contributed by atoms with Crippen molar-refractivity contribution in [3.05, 3.63) is 84.1 Å². The van der Waals surface area contributed by atoms with Crippen molar-refractivity contribution in [2.45, 2.75) is 6.36 Å². The molecule has 39 heavy (non-hydrogen) atoms. The van der Waals surface area contributed by atoms with Crippen molar-refractivity contribution < 1.29 is 37.0 Å². The second kappa shape index (κ2) is 11.9. The maximum atomic E-state index is 13.4. The number of thioether (sulfide) groups is 1. The van der Waals surface area contributed by atoms with Crippen molar-refractivity contribution >= 4 is 46.2 Å². The lowest BCUT2D eigenvalue weighted by atomic mass is 10.1. The Hall–Kier alpha value is -4.45. The first-order valence-corrected chi connectivity index (χ1v) is 12.4. The van der Waals surface area contributed by atoms with E-state index in [4.69, 9.17) is 9.47 Å². The van der Waals surface area contributed by atoms with Gasteiger partial charge in [0.15, 0.2) is 5.17 Å². The average molecular weight is 558 g/mol. The number of aliphatic imine (C=N–C) groups is 1. The summed E-state index contributed by atoms with van der Waals surface area (Å²) in [4.78, 5) is 31.9. The molecule has 3 aromatic carbocycles. The molecular weight excluding hydrogens is 535 g/mol. The molecule has 0 bridgehead atoms. The Morgan fingerprint density at radius 2 is 1.69 bits per heavy atom. The fraction of sp³-hybridized carbons (Fsp3) is 0.148. The maximum absolute atomic E-state index is 13.4. The molecule has 0 fully saturated rings. The highest BCUT2D eigenvalue weighted by Gasteiger charge is 2.33. The summed E-state index contributed by atoms with van der Waals surface area (Å²) in [7, 11) is 3.04. The van der Waals surface area contributed by atoms with Crippen molar-refractivity contribution in [2.75, 3.05) is 30.2 Å².